The number of hydrogen-bond donors (Lipinski definition) is 0. The second-order valence-corrected chi connectivity index (χ2v) is 6.27. The maximum Gasteiger partial charge on any atom is 0.286 e. The molecule has 1 aromatic carbocycles. The third kappa shape index (κ3) is 2.80. The lowest BCUT2D eigenvalue weighted by Gasteiger charge is -2.34. The van der Waals surface area contributed by atoms with Gasteiger partial charge in [0, 0.05) is 12.6 Å². The van der Waals surface area contributed by atoms with Gasteiger partial charge in [0.2, 0.25) is 0 Å². The Morgan fingerprint density at radius 1 is 1.30 bits per heavy atom. The first-order chi connectivity index (χ1) is 9.74. The van der Waals surface area contributed by atoms with E-state index in [9.17, 15) is 4.79 Å². The zero-order valence-electron chi connectivity index (χ0n) is 11.6. The molecule has 1 saturated heterocycles. The van der Waals surface area contributed by atoms with Crippen molar-refractivity contribution in [1.29, 1.82) is 0 Å². The zero-order chi connectivity index (χ0) is 13.9. The molecule has 0 N–H and O–H groups in total. The van der Waals surface area contributed by atoms with E-state index in [0.29, 0.717) is 6.04 Å². The van der Waals surface area contributed by atoms with Crippen molar-refractivity contribution in [3.8, 4) is 0 Å². The number of carbonyl (C=O) groups excluding carboxylic acids is 1. The van der Waals surface area contributed by atoms with Gasteiger partial charge in [-0.2, -0.15) is 4.99 Å². The molecule has 1 atom stereocenters. The Morgan fingerprint density at radius 2 is 2.10 bits per heavy atom. The van der Waals surface area contributed by atoms with Gasteiger partial charge < -0.3 is 4.90 Å². The van der Waals surface area contributed by atoms with Gasteiger partial charge in [0.25, 0.3) is 5.91 Å². The van der Waals surface area contributed by atoms with Crippen molar-refractivity contribution in [3.63, 3.8) is 0 Å². The van der Waals surface area contributed by atoms with E-state index in [1.54, 1.807) is 0 Å². The zero-order valence-corrected chi connectivity index (χ0v) is 12.4. The summed E-state index contributed by atoms with van der Waals surface area (Å²) in [6.45, 7) is 3.23. The predicted molar refractivity (Wildman–Crippen MR) is 84.5 cm³/mol. The van der Waals surface area contributed by atoms with Crippen LogP contribution in [0.3, 0.4) is 0 Å². The number of thioether (sulfide) groups is 1. The van der Waals surface area contributed by atoms with Gasteiger partial charge in [-0.1, -0.05) is 30.3 Å². The fourth-order valence-electron chi connectivity index (χ4n) is 2.60. The number of amidine groups is 1. The molecule has 0 spiro atoms. The van der Waals surface area contributed by atoms with Gasteiger partial charge in [-0.15, -0.1) is 0 Å². The first kappa shape index (κ1) is 13.4. The van der Waals surface area contributed by atoms with E-state index >= 15 is 0 Å². The number of hydrogen-bond acceptors (Lipinski definition) is 3. The molecular formula is C16H18N2OS. The molecule has 0 bridgehead atoms. The van der Waals surface area contributed by atoms with Gasteiger partial charge in [0.05, 0.1) is 4.91 Å². The minimum atomic E-state index is -0.105. The van der Waals surface area contributed by atoms with E-state index in [1.165, 1.54) is 31.0 Å². The Hall–Kier alpha value is -1.55. The highest BCUT2D eigenvalue weighted by molar-refractivity contribution is 8.18. The summed E-state index contributed by atoms with van der Waals surface area (Å²) in [5, 5.41) is 0.879. The molecular weight excluding hydrogens is 268 g/mol. The second-order valence-electron chi connectivity index (χ2n) is 5.26. The number of piperidine rings is 1. The highest BCUT2D eigenvalue weighted by Gasteiger charge is 2.29. The van der Waals surface area contributed by atoms with E-state index in [2.05, 4.69) is 16.8 Å². The van der Waals surface area contributed by atoms with Gasteiger partial charge in [-0.25, -0.2) is 0 Å². The standard InChI is InChI=1S/C16H18N2OS/c1-12-7-5-6-10-18(12)16-17-15(19)14(20-16)11-13-8-3-2-4-9-13/h2-4,8-9,11-12H,5-7,10H2,1H3/b14-11+/t12-/m0/s1. The van der Waals surface area contributed by atoms with Crippen molar-refractivity contribution in [2.45, 2.75) is 32.2 Å². The van der Waals surface area contributed by atoms with Crippen LogP contribution in [0.15, 0.2) is 40.2 Å². The lowest BCUT2D eigenvalue weighted by atomic mass is 10.1. The van der Waals surface area contributed by atoms with E-state index < -0.39 is 0 Å². The SMILES string of the molecule is C[C@H]1CCCCN1C1=NC(=O)/C(=C\c2ccccc2)S1. The summed E-state index contributed by atoms with van der Waals surface area (Å²) in [6, 6.07) is 10.4. The topological polar surface area (TPSA) is 32.7 Å². The average Bonchev–Trinajstić information content (AvgIpc) is 2.81. The smallest absolute Gasteiger partial charge is 0.286 e. The van der Waals surface area contributed by atoms with Gasteiger partial charge >= 0.3 is 0 Å². The Balaban J connectivity index is 1.77. The molecule has 4 heteroatoms. The summed E-state index contributed by atoms with van der Waals surface area (Å²) in [6.07, 6.45) is 5.58. The molecule has 0 aromatic heterocycles. The number of likely N-dealkylation sites (tertiary alicyclic amines) is 1. The molecule has 104 valence electrons. The Kier molecular flexibility index (Phi) is 3.92. The molecule has 0 aliphatic carbocycles. The Morgan fingerprint density at radius 3 is 2.85 bits per heavy atom. The molecule has 1 aromatic rings. The molecule has 0 saturated carbocycles. The summed E-state index contributed by atoms with van der Waals surface area (Å²) >= 11 is 1.51. The van der Waals surface area contributed by atoms with Crippen LogP contribution in [-0.4, -0.2) is 28.6 Å². The van der Waals surface area contributed by atoms with Crippen LogP contribution < -0.4 is 0 Å². The van der Waals surface area contributed by atoms with E-state index in [-0.39, 0.29) is 5.91 Å². The van der Waals surface area contributed by atoms with Gasteiger partial charge in [-0.3, -0.25) is 4.79 Å². The van der Waals surface area contributed by atoms with Crippen LogP contribution in [0.4, 0.5) is 0 Å². The van der Waals surface area contributed by atoms with Crippen LogP contribution in [0.1, 0.15) is 31.7 Å². The van der Waals surface area contributed by atoms with Gasteiger partial charge in [0.1, 0.15) is 0 Å². The van der Waals surface area contributed by atoms with Crippen LogP contribution >= 0.6 is 11.8 Å². The molecule has 2 heterocycles. The first-order valence-corrected chi connectivity index (χ1v) is 7.90. The Bertz CT molecular complexity index is 565. The number of amides is 1. The minimum Gasteiger partial charge on any atom is -0.348 e. The molecule has 1 amide bonds. The molecule has 1 fully saturated rings. The molecule has 3 rings (SSSR count). The summed E-state index contributed by atoms with van der Waals surface area (Å²) in [5.74, 6) is -0.105. The summed E-state index contributed by atoms with van der Waals surface area (Å²) in [7, 11) is 0. The first-order valence-electron chi connectivity index (χ1n) is 7.08. The highest BCUT2D eigenvalue weighted by atomic mass is 32.2. The normalized spacial score (nSPS) is 25.1. The molecule has 0 radical (unpaired) electrons. The van der Waals surface area contributed by atoms with E-state index in [1.807, 2.05) is 36.4 Å². The molecule has 20 heavy (non-hydrogen) atoms. The van der Waals surface area contributed by atoms with Gasteiger partial charge in [0.15, 0.2) is 5.17 Å². The second kappa shape index (κ2) is 5.83. The van der Waals surface area contributed by atoms with Crippen molar-refractivity contribution >= 4 is 28.9 Å². The van der Waals surface area contributed by atoms with Crippen molar-refractivity contribution in [3.05, 3.63) is 40.8 Å². The number of carbonyl (C=O) groups is 1. The quantitative estimate of drug-likeness (QED) is 0.740. The predicted octanol–water partition coefficient (Wildman–Crippen LogP) is 3.53. The van der Waals surface area contributed by atoms with Crippen LogP contribution in [0.2, 0.25) is 0 Å². The number of nitrogens with zero attached hydrogens (tertiary/aromatic N) is 2. The summed E-state index contributed by atoms with van der Waals surface area (Å²) in [5.41, 5.74) is 1.05. The van der Waals surface area contributed by atoms with Crippen molar-refractivity contribution in [2.24, 2.45) is 4.99 Å². The van der Waals surface area contributed by atoms with Crippen LogP contribution in [-0.2, 0) is 4.79 Å². The van der Waals surface area contributed by atoms with Crippen LogP contribution in [0, 0.1) is 0 Å². The highest BCUT2D eigenvalue weighted by Crippen LogP contribution is 2.32. The number of benzene rings is 1. The number of aliphatic imine (C=N–C) groups is 1. The maximum atomic E-state index is 12.0. The largest absolute Gasteiger partial charge is 0.348 e. The van der Waals surface area contributed by atoms with Gasteiger partial charge in [-0.05, 0) is 49.6 Å². The molecule has 2 aliphatic heterocycles. The van der Waals surface area contributed by atoms with Crippen molar-refractivity contribution < 1.29 is 4.79 Å². The lowest BCUT2D eigenvalue weighted by molar-refractivity contribution is -0.113. The molecule has 0 unspecified atom stereocenters. The third-order valence-corrected chi connectivity index (χ3v) is 4.78. The monoisotopic (exact) mass is 286 g/mol. The van der Waals surface area contributed by atoms with Crippen molar-refractivity contribution in [2.75, 3.05) is 6.54 Å². The maximum absolute atomic E-state index is 12.0. The Labute approximate surface area is 123 Å². The van der Waals surface area contributed by atoms with E-state index in [0.717, 1.165) is 22.2 Å². The fraction of sp³-hybridized carbons (Fsp3) is 0.375. The average molecular weight is 286 g/mol. The molecule has 2 aliphatic rings. The van der Waals surface area contributed by atoms with E-state index in [4.69, 9.17) is 0 Å². The van der Waals surface area contributed by atoms with Crippen LogP contribution in [0.25, 0.3) is 6.08 Å². The number of rotatable bonds is 1. The van der Waals surface area contributed by atoms with Crippen LogP contribution in [0.5, 0.6) is 0 Å². The third-order valence-electron chi connectivity index (χ3n) is 3.76. The fourth-order valence-corrected chi connectivity index (χ4v) is 3.65. The summed E-state index contributed by atoms with van der Waals surface area (Å²) in [4.78, 5) is 19.3. The summed E-state index contributed by atoms with van der Waals surface area (Å²) < 4.78 is 0. The molecule has 3 nitrogen and oxygen atoms in total. The lowest BCUT2D eigenvalue weighted by Crippen LogP contribution is -2.40. The van der Waals surface area contributed by atoms with Crippen molar-refractivity contribution in [1.82, 2.24) is 4.90 Å². The minimum absolute atomic E-state index is 0.105.